The molecule has 0 radical (unpaired) electrons. The van der Waals surface area contributed by atoms with Crippen LogP contribution < -0.4 is 0 Å². The van der Waals surface area contributed by atoms with E-state index >= 15 is 0 Å². The van der Waals surface area contributed by atoms with Gasteiger partial charge in [-0.05, 0) is 39.5 Å². The van der Waals surface area contributed by atoms with Crippen LogP contribution in [0.1, 0.15) is 40.0 Å². The number of alkyl halides is 1. The molecule has 22 heavy (non-hydrogen) atoms. The summed E-state index contributed by atoms with van der Waals surface area (Å²) in [6.45, 7) is 5.54. The molecule has 3 unspecified atom stereocenters. The van der Waals surface area contributed by atoms with Crippen molar-refractivity contribution in [2.75, 3.05) is 19.8 Å². The Kier molecular flexibility index (Phi) is 8.04. The molecule has 3 atom stereocenters. The standard InChI is InChI=1S/C14H24ClO6P/c1-4-19-14(17)13(22(18,20-5-2)21-6-3)9-10-7-11(15)12(16)8-10/h10-11,13H,4-9H2,1-3H3. The maximum Gasteiger partial charge on any atom is 0.344 e. The highest BCUT2D eigenvalue weighted by atomic mass is 35.5. The summed E-state index contributed by atoms with van der Waals surface area (Å²) < 4.78 is 28.5. The van der Waals surface area contributed by atoms with Crippen molar-refractivity contribution in [1.82, 2.24) is 0 Å². The van der Waals surface area contributed by atoms with Crippen molar-refractivity contribution in [2.45, 2.75) is 51.1 Å². The van der Waals surface area contributed by atoms with Crippen LogP contribution in [0.3, 0.4) is 0 Å². The van der Waals surface area contributed by atoms with Gasteiger partial charge in [-0.2, -0.15) is 0 Å². The first-order valence-corrected chi connectivity index (χ1v) is 9.64. The zero-order valence-electron chi connectivity index (χ0n) is 13.2. The van der Waals surface area contributed by atoms with E-state index in [0.717, 1.165) is 0 Å². The molecule has 1 saturated carbocycles. The zero-order valence-corrected chi connectivity index (χ0v) is 14.9. The van der Waals surface area contributed by atoms with Crippen molar-refractivity contribution in [2.24, 2.45) is 5.92 Å². The van der Waals surface area contributed by atoms with Gasteiger partial charge in [0.2, 0.25) is 0 Å². The van der Waals surface area contributed by atoms with E-state index < -0.39 is 24.6 Å². The second-order valence-electron chi connectivity index (χ2n) is 5.12. The first-order valence-electron chi connectivity index (χ1n) is 7.60. The largest absolute Gasteiger partial charge is 0.465 e. The van der Waals surface area contributed by atoms with E-state index in [0.29, 0.717) is 6.42 Å². The molecule has 8 heteroatoms. The molecule has 1 aliphatic carbocycles. The topological polar surface area (TPSA) is 78.9 Å². The molecular weight excluding hydrogens is 331 g/mol. The Morgan fingerprint density at radius 2 is 1.86 bits per heavy atom. The Morgan fingerprint density at radius 3 is 2.27 bits per heavy atom. The fourth-order valence-corrected chi connectivity index (χ4v) is 4.97. The Labute approximate surface area is 136 Å². The number of carbonyl (C=O) groups is 2. The highest BCUT2D eigenvalue weighted by molar-refractivity contribution is 7.55. The summed E-state index contributed by atoms with van der Waals surface area (Å²) in [6.07, 6.45) is 0.960. The minimum Gasteiger partial charge on any atom is -0.465 e. The van der Waals surface area contributed by atoms with Gasteiger partial charge in [-0.3, -0.25) is 14.2 Å². The highest BCUT2D eigenvalue weighted by Gasteiger charge is 2.45. The molecule has 0 spiro atoms. The minimum absolute atomic E-state index is 0.0445. The first-order chi connectivity index (χ1) is 10.4. The maximum atomic E-state index is 12.9. The van der Waals surface area contributed by atoms with Gasteiger partial charge in [0.05, 0.1) is 25.2 Å². The second-order valence-corrected chi connectivity index (χ2v) is 7.86. The third kappa shape index (κ3) is 5.05. The summed E-state index contributed by atoms with van der Waals surface area (Å²) in [5.41, 5.74) is -1.02. The van der Waals surface area contributed by atoms with Crippen LogP contribution in [0.5, 0.6) is 0 Å². The maximum absolute atomic E-state index is 12.9. The first kappa shape index (κ1) is 19.6. The Balaban J connectivity index is 2.94. The summed E-state index contributed by atoms with van der Waals surface area (Å²) in [5.74, 6) is -0.770. The van der Waals surface area contributed by atoms with Gasteiger partial charge in [0, 0.05) is 6.42 Å². The fourth-order valence-electron chi connectivity index (χ4n) is 2.59. The van der Waals surface area contributed by atoms with Gasteiger partial charge in [-0.1, -0.05) is 0 Å². The van der Waals surface area contributed by atoms with Crippen molar-refractivity contribution >= 4 is 30.9 Å². The lowest BCUT2D eigenvalue weighted by Crippen LogP contribution is -2.28. The molecule has 6 nitrogen and oxygen atoms in total. The molecule has 0 aromatic heterocycles. The predicted molar refractivity (Wildman–Crippen MR) is 83.3 cm³/mol. The number of Topliss-reactive ketones (excluding diaryl/α,β-unsaturated/α-hetero) is 1. The molecular formula is C14H24ClO6P. The van der Waals surface area contributed by atoms with Gasteiger partial charge in [-0.15, -0.1) is 11.6 Å². The predicted octanol–water partition coefficient (Wildman–Crippen LogP) is 3.16. The van der Waals surface area contributed by atoms with Crippen molar-refractivity contribution in [3.8, 4) is 0 Å². The molecule has 1 fully saturated rings. The van der Waals surface area contributed by atoms with Gasteiger partial charge in [-0.25, -0.2) is 0 Å². The quantitative estimate of drug-likeness (QED) is 0.359. The number of esters is 1. The monoisotopic (exact) mass is 354 g/mol. The SMILES string of the molecule is CCOC(=O)C(CC1CC(=O)C(Cl)C1)P(=O)(OCC)OCC. The molecule has 128 valence electrons. The number of hydrogen-bond donors (Lipinski definition) is 0. The molecule has 1 aliphatic rings. The van der Waals surface area contributed by atoms with Crippen molar-refractivity contribution < 1.29 is 27.9 Å². The number of ether oxygens (including phenoxy) is 1. The molecule has 1 rings (SSSR count). The molecule has 0 aromatic carbocycles. The summed E-state index contributed by atoms with van der Waals surface area (Å²) in [4.78, 5) is 23.8. The van der Waals surface area contributed by atoms with Crippen molar-refractivity contribution in [1.29, 1.82) is 0 Å². The number of rotatable bonds is 9. The lowest BCUT2D eigenvalue weighted by Gasteiger charge is -2.26. The van der Waals surface area contributed by atoms with E-state index in [1.807, 2.05) is 0 Å². The fraction of sp³-hybridized carbons (Fsp3) is 0.857. The Hall–Kier alpha value is -0.420. The van der Waals surface area contributed by atoms with Crippen molar-refractivity contribution in [3.05, 3.63) is 0 Å². The molecule has 0 amide bonds. The van der Waals surface area contributed by atoms with Crippen LogP contribution in [0.15, 0.2) is 0 Å². The minimum atomic E-state index is -3.64. The average molecular weight is 355 g/mol. The summed E-state index contributed by atoms with van der Waals surface area (Å²) in [6, 6.07) is 0. The van der Waals surface area contributed by atoms with E-state index in [4.69, 9.17) is 25.4 Å². The van der Waals surface area contributed by atoms with Crippen LogP contribution >= 0.6 is 19.2 Å². The van der Waals surface area contributed by atoms with Gasteiger partial charge in [0.15, 0.2) is 11.4 Å². The number of carbonyl (C=O) groups excluding carboxylic acids is 2. The van der Waals surface area contributed by atoms with Gasteiger partial charge < -0.3 is 13.8 Å². The molecule has 0 aromatic rings. The molecule has 0 heterocycles. The smallest absolute Gasteiger partial charge is 0.344 e. The van der Waals surface area contributed by atoms with E-state index in [-0.39, 0.29) is 44.4 Å². The van der Waals surface area contributed by atoms with E-state index in [2.05, 4.69) is 0 Å². The van der Waals surface area contributed by atoms with E-state index in [1.54, 1.807) is 20.8 Å². The van der Waals surface area contributed by atoms with E-state index in [1.165, 1.54) is 0 Å². The molecule has 0 bridgehead atoms. The van der Waals surface area contributed by atoms with Crippen LogP contribution in [0, 0.1) is 5.92 Å². The normalized spacial score (nSPS) is 23.5. The third-order valence-electron chi connectivity index (χ3n) is 3.49. The second kappa shape index (κ2) is 9.02. The molecule has 0 aliphatic heterocycles. The van der Waals surface area contributed by atoms with Gasteiger partial charge >= 0.3 is 13.6 Å². The summed E-state index contributed by atoms with van der Waals surface area (Å²) >= 11 is 5.92. The average Bonchev–Trinajstić information content (AvgIpc) is 2.75. The lowest BCUT2D eigenvalue weighted by molar-refractivity contribution is -0.143. The summed E-state index contributed by atoms with van der Waals surface area (Å²) in [5, 5.41) is -0.536. The zero-order chi connectivity index (χ0) is 16.8. The Bertz CT molecular complexity index is 431. The number of halogens is 1. The van der Waals surface area contributed by atoms with Gasteiger partial charge in [0.1, 0.15) is 0 Å². The van der Waals surface area contributed by atoms with Crippen molar-refractivity contribution in [3.63, 3.8) is 0 Å². The van der Waals surface area contributed by atoms with Crippen LogP contribution in [0.25, 0.3) is 0 Å². The van der Waals surface area contributed by atoms with Gasteiger partial charge in [0.25, 0.3) is 0 Å². The third-order valence-corrected chi connectivity index (χ3v) is 6.34. The van der Waals surface area contributed by atoms with E-state index in [9.17, 15) is 14.2 Å². The highest BCUT2D eigenvalue weighted by Crippen LogP contribution is 2.56. The number of ketones is 1. The lowest BCUT2D eigenvalue weighted by atomic mass is 10.0. The van der Waals surface area contributed by atoms with Crippen LogP contribution in [0.4, 0.5) is 0 Å². The van der Waals surface area contributed by atoms with Crippen LogP contribution in [0.2, 0.25) is 0 Å². The Morgan fingerprint density at radius 1 is 1.27 bits per heavy atom. The molecule has 0 saturated heterocycles. The molecule has 0 N–H and O–H groups in total. The van der Waals surface area contributed by atoms with Crippen LogP contribution in [-0.2, 0) is 27.9 Å². The van der Waals surface area contributed by atoms with Crippen LogP contribution in [-0.4, -0.2) is 42.6 Å². The summed E-state index contributed by atoms with van der Waals surface area (Å²) in [7, 11) is -3.64. The number of hydrogen-bond acceptors (Lipinski definition) is 6.